The molecule has 0 radical (unpaired) electrons. The Bertz CT molecular complexity index is 462. The summed E-state index contributed by atoms with van der Waals surface area (Å²) in [5, 5.41) is 11.1. The smallest absolute Gasteiger partial charge is 0.244 e. The highest BCUT2D eigenvalue weighted by Gasteiger charge is 2.20. The van der Waals surface area contributed by atoms with Crippen molar-refractivity contribution in [2.45, 2.75) is 13.3 Å². The Morgan fingerprint density at radius 1 is 1.38 bits per heavy atom. The average molecular weight is 294 g/mol. The van der Waals surface area contributed by atoms with Crippen LogP contribution in [0.15, 0.2) is 6.20 Å². The van der Waals surface area contributed by atoms with Gasteiger partial charge in [-0.25, -0.2) is 0 Å². The quantitative estimate of drug-likeness (QED) is 0.739. The largest absolute Gasteiger partial charge is 0.385 e. The Morgan fingerprint density at radius 2 is 2.14 bits per heavy atom. The summed E-state index contributed by atoms with van der Waals surface area (Å²) >= 11 is 0. The van der Waals surface area contributed by atoms with E-state index in [4.69, 9.17) is 4.74 Å². The van der Waals surface area contributed by atoms with Gasteiger partial charge < -0.3 is 19.9 Å². The van der Waals surface area contributed by atoms with E-state index in [1.54, 1.807) is 20.2 Å². The topological polar surface area (TPSA) is 83.5 Å². The summed E-state index contributed by atoms with van der Waals surface area (Å²) < 4.78 is 4.99. The minimum Gasteiger partial charge on any atom is -0.385 e. The standard InChI is InChI=1S/C13H22N6O2/c1-11(20)18-5-7-19(8-6-18)12-10-15-17-13(16-12)14-4-3-9-21-2/h10H,3-9H2,1-2H3,(H,14,16,17). The molecule has 1 amide bonds. The molecule has 1 aromatic heterocycles. The van der Waals surface area contributed by atoms with E-state index >= 15 is 0 Å². The van der Waals surface area contributed by atoms with Crippen LogP contribution in [0.2, 0.25) is 0 Å². The number of hydrogen-bond donors (Lipinski definition) is 1. The molecule has 116 valence electrons. The minimum atomic E-state index is 0.121. The number of ether oxygens (including phenoxy) is 1. The van der Waals surface area contributed by atoms with E-state index in [-0.39, 0.29) is 5.91 Å². The van der Waals surface area contributed by atoms with Gasteiger partial charge in [0, 0.05) is 53.4 Å². The fraction of sp³-hybridized carbons (Fsp3) is 0.692. The van der Waals surface area contributed by atoms with Crippen molar-refractivity contribution in [3.8, 4) is 0 Å². The maximum absolute atomic E-state index is 11.3. The lowest BCUT2D eigenvalue weighted by Gasteiger charge is -2.34. The zero-order valence-corrected chi connectivity index (χ0v) is 12.6. The maximum atomic E-state index is 11.3. The van der Waals surface area contributed by atoms with Crippen LogP contribution in [0.3, 0.4) is 0 Å². The first-order valence-electron chi connectivity index (χ1n) is 7.13. The second-order valence-electron chi connectivity index (χ2n) is 4.90. The molecule has 1 aromatic rings. The SMILES string of the molecule is COCCCNc1nncc(N2CCN(C(C)=O)CC2)n1. The fourth-order valence-electron chi connectivity index (χ4n) is 2.19. The van der Waals surface area contributed by atoms with E-state index in [9.17, 15) is 4.79 Å². The summed E-state index contributed by atoms with van der Waals surface area (Å²) in [5.41, 5.74) is 0. The first-order chi connectivity index (χ1) is 10.2. The summed E-state index contributed by atoms with van der Waals surface area (Å²) in [4.78, 5) is 19.7. The predicted octanol–water partition coefficient (Wildman–Crippen LogP) is -0.0115. The van der Waals surface area contributed by atoms with Crippen molar-refractivity contribution in [2.24, 2.45) is 0 Å². The summed E-state index contributed by atoms with van der Waals surface area (Å²) in [6.45, 7) is 6.02. The van der Waals surface area contributed by atoms with E-state index in [0.29, 0.717) is 12.6 Å². The molecule has 0 spiro atoms. The molecule has 1 aliphatic heterocycles. The third-order valence-corrected chi connectivity index (χ3v) is 3.40. The second-order valence-corrected chi connectivity index (χ2v) is 4.90. The molecule has 0 bridgehead atoms. The van der Waals surface area contributed by atoms with Crippen molar-refractivity contribution >= 4 is 17.7 Å². The normalized spacial score (nSPS) is 15.1. The molecule has 21 heavy (non-hydrogen) atoms. The maximum Gasteiger partial charge on any atom is 0.244 e. The molecule has 1 saturated heterocycles. The number of carbonyl (C=O) groups excluding carboxylic acids is 1. The highest BCUT2D eigenvalue weighted by atomic mass is 16.5. The van der Waals surface area contributed by atoms with Gasteiger partial charge in [-0.1, -0.05) is 0 Å². The van der Waals surface area contributed by atoms with Crippen molar-refractivity contribution in [2.75, 3.05) is 56.7 Å². The van der Waals surface area contributed by atoms with Gasteiger partial charge in [0.05, 0.1) is 6.20 Å². The van der Waals surface area contributed by atoms with Crippen LogP contribution < -0.4 is 10.2 Å². The van der Waals surface area contributed by atoms with Gasteiger partial charge in [0.2, 0.25) is 11.9 Å². The number of rotatable bonds is 6. The second kappa shape index (κ2) is 7.72. The molecule has 0 atom stereocenters. The number of nitrogens with one attached hydrogen (secondary N) is 1. The average Bonchev–Trinajstić information content (AvgIpc) is 2.52. The van der Waals surface area contributed by atoms with Crippen molar-refractivity contribution in [1.29, 1.82) is 0 Å². The van der Waals surface area contributed by atoms with Crippen LogP contribution in [0, 0.1) is 0 Å². The number of hydrogen-bond acceptors (Lipinski definition) is 7. The van der Waals surface area contributed by atoms with Crippen LogP contribution in [0.25, 0.3) is 0 Å². The fourth-order valence-corrected chi connectivity index (χ4v) is 2.19. The molecule has 1 N–H and O–H groups in total. The molecule has 0 saturated carbocycles. The van der Waals surface area contributed by atoms with Crippen molar-refractivity contribution in [1.82, 2.24) is 20.1 Å². The van der Waals surface area contributed by atoms with E-state index in [1.807, 2.05) is 4.90 Å². The van der Waals surface area contributed by atoms with Gasteiger partial charge in [-0.15, -0.1) is 5.10 Å². The Balaban J connectivity index is 1.87. The van der Waals surface area contributed by atoms with Gasteiger partial charge in [-0.3, -0.25) is 4.79 Å². The number of methoxy groups -OCH3 is 1. The molecule has 0 unspecified atom stereocenters. The molecular weight excluding hydrogens is 272 g/mol. The number of amides is 1. The summed E-state index contributed by atoms with van der Waals surface area (Å²) in [6, 6.07) is 0. The van der Waals surface area contributed by atoms with E-state index in [1.165, 1.54) is 0 Å². The van der Waals surface area contributed by atoms with Gasteiger partial charge in [-0.05, 0) is 6.42 Å². The molecular formula is C13H22N6O2. The van der Waals surface area contributed by atoms with Crippen LogP contribution in [-0.2, 0) is 9.53 Å². The van der Waals surface area contributed by atoms with Crippen LogP contribution in [0.4, 0.5) is 11.8 Å². The monoisotopic (exact) mass is 294 g/mol. The van der Waals surface area contributed by atoms with E-state index in [2.05, 4.69) is 25.4 Å². The summed E-state index contributed by atoms with van der Waals surface area (Å²) in [6.07, 6.45) is 2.55. The number of carbonyl (C=O) groups is 1. The molecule has 2 rings (SSSR count). The lowest BCUT2D eigenvalue weighted by molar-refractivity contribution is -0.129. The first kappa shape index (κ1) is 15.4. The Hall–Kier alpha value is -1.96. The Kier molecular flexibility index (Phi) is 5.68. The Morgan fingerprint density at radius 3 is 2.81 bits per heavy atom. The van der Waals surface area contributed by atoms with Crippen LogP contribution in [0.1, 0.15) is 13.3 Å². The minimum absolute atomic E-state index is 0.121. The van der Waals surface area contributed by atoms with Crippen LogP contribution in [-0.4, -0.2) is 72.4 Å². The van der Waals surface area contributed by atoms with Crippen molar-refractivity contribution in [3.05, 3.63) is 6.20 Å². The molecule has 1 aliphatic rings. The molecule has 0 aromatic carbocycles. The zero-order chi connectivity index (χ0) is 15.1. The highest BCUT2D eigenvalue weighted by Crippen LogP contribution is 2.13. The van der Waals surface area contributed by atoms with Crippen molar-refractivity contribution < 1.29 is 9.53 Å². The number of nitrogens with zero attached hydrogens (tertiary/aromatic N) is 5. The van der Waals surface area contributed by atoms with Gasteiger partial charge >= 0.3 is 0 Å². The van der Waals surface area contributed by atoms with Crippen molar-refractivity contribution in [3.63, 3.8) is 0 Å². The number of anilines is 2. The molecule has 1 fully saturated rings. The molecule has 2 heterocycles. The molecule has 8 nitrogen and oxygen atoms in total. The number of aromatic nitrogens is 3. The van der Waals surface area contributed by atoms with Crippen LogP contribution in [0.5, 0.6) is 0 Å². The summed E-state index contributed by atoms with van der Waals surface area (Å²) in [5.74, 6) is 1.44. The van der Waals surface area contributed by atoms with E-state index < -0.39 is 0 Å². The third-order valence-electron chi connectivity index (χ3n) is 3.40. The van der Waals surface area contributed by atoms with Gasteiger partial charge in [0.25, 0.3) is 0 Å². The molecule has 0 aliphatic carbocycles. The number of piperazine rings is 1. The first-order valence-corrected chi connectivity index (χ1v) is 7.13. The molecule has 8 heteroatoms. The zero-order valence-electron chi connectivity index (χ0n) is 12.6. The highest BCUT2D eigenvalue weighted by molar-refractivity contribution is 5.73. The lowest BCUT2D eigenvalue weighted by Crippen LogP contribution is -2.48. The van der Waals surface area contributed by atoms with Gasteiger partial charge in [-0.2, -0.15) is 10.1 Å². The predicted molar refractivity (Wildman–Crippen MR) is 79.3 cm³/mol. The Labute approximate surface area is 124 Å². The van der Waals surface area contributed by atoms with Gasteiger partial charge in [0.1, 0.15) is 0 Å². The van der Waals surface area contributed by atoms with E-state index in [0.717, 1.165) is 45.0 Å². The summed E-state index contributed by atoms with van der Waals surface area (Å²) in [7, 11) is 1.68. The lowest BCUT2D eigenvalue weighted by atomic mass is 10.3. The van der Waals surface area contributed by atoms with Crippen LogP contribution >= 0.6 is 0 Å². The third kappa shape index (κ3) is 4.52. The van der Waals surface area contributed by atoms with Gasteiger partial charge in [0.15, 0.2) is 5.82 Å².